The van der Waals surface area contributed by atoms with Crippen molar-refractivity contribution in [2.24, 2.45) is 4.99 Å². The molecule has 1 aliphatic rings. The molecule has 0 bridgehead atoms. The van der Waals surface area contributed by atoms with Gasteiger partial charge in [0.1, 0.15) is 5.75 Å². The number of nitrogens with zero attached hydrogens (tertiary/aromatic N) is 1. The Morgan fingerprint density at radius 2 is 1.75 bits per heavy atom. The van der Waals surface area contributed by atoms with Crippen molar-refractivity contribution < 1.29 is 5.11 Å². The zero-order chi connectivity index (χ0) is 18.1. The van der Waals surface area contributed by atoms with Crippen molar-refractivity contribution in [2.45, 2.75) is 71.8 Å². The average Bonchev–Trinajstić information content (AvgIpc) is 2.45. The molecule has 2 nitrogen and oxygen atoms in total. The lowest BCUT2D eigenvalue weighted by Crippen LogP contribution is -2.17. The predicted molar refractivity (Wildman–Crippen MR) is 104 cm³/mol. The van der Waals surface area contributed by atoms with Crippen molar-refractivity contribution in [1.29, 1.82) is 0 Å². The Labute approximate surface area is 147 Å². The number of phenols is 1. The van der Waals surface area contributed by atoms with E-state index in [1.54, 1.807) is 0 Å². The molecule has 24 heavy (non-hydrogen) atoms. The van der Waals surface area contributed by atoms with E-state index < -0.39 is 0 Å². The van der Waals surface area contributed by atoms with Crippen LogP contribution in [0.15, 0.2) is 40.9 Å². The van der Waals surface area contributed by atoms with E-state index in [4.69, 9.17) is 4.99 Å². The van der Waals surface area contributed by atoms with Gasteiger partial charge in [0.2, 0.25) is 0 Å². The minimum absolute atomic E-state index is 0.0275. The molecule has 0 aromatic heterocycles. The van der Waals surface area contributed by atoms with Gasteiger partial charge in [-0.2, -0.15) is 0 Å². The molecule has 0 saturated heterocycles. The van der Waals surface area contributed by atoms with Crippen LogP contribution in [0.25, 0.3) is 0 Å². The highest BCUT2D eigenvalue weighted by atomic mass is 16.3. The molecule has 130 valence electrons. The van der Waals surface area contributed by atoms with E-state index in [1.807, 2.05) is 6.21 Å². The first-order chi connectivity index (χ1) is 11.0. The molecule has 0 amide bonds. The summed E-state index contributed by atoms with van der Waals surface area (Å²) in [6.07, 6.45) is 9.10. The Balaban J connectivity index is 2.49. The van der Waals surface area contributed by atoms with E-state index in [9.17, 15) is 5.11 Å². The quantitative estimate of drug-likeness (QED) is 0.697. The molecule has 0 radical (unpaired) electrons. The Kier molecular flexibility index (Phi) is 5.08. The summed E-state index contributed by atoms with van der Waals surface area (Å²) in [5.74, 6) is 0.354. The van der Waals surface area contributed by atoms with Gasteiger partial charge in [0.05, 0.1) is 6.04 Å². The summed E-state index contributed by atoms with van der Waals surface area (Å²) >= 11 is 0. The maximum Gasteiger partial charge on any atom is 0.128 e. The SMILES string of the molecule is CC1=CC=CCC1N=Cc1cc(C(C)(C)C)cc(C(C)(C)C)c1O. The van der Waals surface area contributed by atoms with Crippen LogP contribution in [0.4, 0.5) is 0 Å². The van der Waals surface area contributed by atoms with Gasteiger partial charge in [-0.1, -0.05) is 65.8 Å². The first-order valence-corrected chi connectivity index (χ1v) is 8.74. The van der Waals surface area contributed by atoms with Crippen LogP contribution in [0.1, 0.15) is 71.6 Å². The number of phenolic OH excluding ortho intramolecular Hbond substituents is 1. The minimum atomic E-state index is -0.114. The average molecular weight is 325 g/mol. The molecule has 1 aliphatic carbocycles. The van der Waals surface area contributed by atoms with Gasteiger partial charge in [-0.05, 0) is 41.4 Å². The molecule has 0 fully saturated rings. The molecule has 1 aromatic carbocycles. The van der Waals surface area contributed by atoms with E-state index >= 15 is 0 Å². The third-order valence-electron chi connectivity index (χ3n) is 4.59. The molecule has 1 unspecified atom stereocenters. The molecule has 1 atom stereocenters. The topological polar surface area (TPSA) is 32.6 Å². The van der Waals surface area contributed by atoms with Gasteiger partial charge < -0.3 is 5.11 Å². The molecule has 0 saturated carbocycles. The van der Waals surface area contributed by atoms with Crippen LogP contribution in [-0.4, -0.2) is 17.4 Å². The van der Waals surface area contributed by atoms with E-state index in [1.165, 1.54) is 11.1 Å². The third kappa shape index (κ3) is 4.17. The van der Waals surface area contributed by atoms with Crippen LogP contribution in [0.5, 0.6) is 5.75 Å². The lowest BCUT2D eigenvalue weighted by molar-refractivity contribution is 0.444. The number of allylic oxidation sites excluding steroid dienone is 2. The second kappa shape index (κ2) is 6.58. The lowest BCUT2D eigenvalue weighted by atomic mass is 9.79. The lowest BCUT2D eigenvalue weighted by Gasteiger charge is -2.27. The van der Waals surface area contributed by atoms with E-state index in [2.05, 4.69) is 78.8 Å². The van der Waals surface area contributed by atoms with Crippen LogP contribution in [0.2, 0.25) is 0 Å². The van der Waals surface area contributed by atoms with Crippen molar-refractivity contribution in [3.8, 4) is 5.75 Å². The van der Waals surface area contributed by atoms with Crippen molar-refractivity contribution in [2.75, 3.05) is 0 Å². The number of hydrogen-bond acceptors (Lipinski definition) is 2. The third-order valence-corrected chi connectivity index (χ3v) is 4.59. The van der Waals surface area contributed by atoms with Gasteiger partial charge in [0.15, 0.2) is 0 Å². The fourth-order valence-electron chi connectivity index (χ4n) is 2.83. The van der Waals surface area contributed by atoms with E-state index in [-0.39, 0.29) is 16.9 Å². The highest BCUT2D eigenvalue weighted by Crippen LogP contribution is 2.37. The Bertz CT molecular complexity index is 694. The zero-order valence-electron chi connectivity index (χ0n) is 16.1. The largest absolute Gasteiger partial charge is 0.507 e. The summed E-state index contributed by atoms with van der Waals surface area (Å²) in [4.78, 5) is 4.74. The number of hydrogen-bond donors (Lipinski definition) is 1. The molecule has 1 aromatic rings. The van der Waals surface area contributed by atoms with Gasteiger partial charge in [-0.15, -0.1) is 0 Å². The minimum Gasteiger partial charge on any atom is -0.507 e. The maximum atomic E-state index is 10.8. The van der Waals surface area contributed by atoms with Crippen LogP contribution in [0, 0.1) is 0 Å². The standard InChI is InChI=1S/C22H31NO/c1-15-10-8-9-11-19(15)23-14-16-12-17(21(2,3)4)13-18(20(16)24)22(5,6)7/h8-10,12-14,19,24H,11H2,1-7H3. The summed E-state index contributed by atoms with van der Waals surface area (Å²) in [6.45, 7) is 15.1. The summed E-state index contributed by atoms with van der Waals surface area (Å²) in [7, 11) is 0. The second-order valence-electron chi connectivity index (χ2n) is 8.83. The predicted octanol–water partition coefficient (Wildman–Crippen LogP) is 5.68. The number of benzene rings is 1. The number of rotatable bonds is 2. The van der Waals surface area contributed by atoms with Crippen molar-refractivity contribution >= 4 is 6.21 Å². The summed E-state index contributed by atoms with van der Waals surface area (Å²) in [6, 6.07) is 4.39. The van der Waals surface area contributed by atoms with Crippen LogP contribution in [0.3, 0.4) is 0 Å². The van der Waals surface area contributed by atoms with Crippen molar-refractivity contribution in [1.82, 2.24) is 0 Å². The van der Waals surface area contributed by atoms with Crippen molar-refractivity contribution in [3.05, 3.63) is 52.6 Å². The first kappa shape index (κ1) is 18.5. The first-order valence-electron chi connectivity index (χ1n) is 8.74. The summed E-state index contributed by atoms with van der Waals surface area (Å²) in [5, 5.41) is 10.8. The van der Waals surface area contributed by atoms with Crippen molar-refractivity contribution in [3.63, 3.8) is 0 Å². The van der Waals surface area contributed by atoms with Crippen LogP contribution in [-0.2, 0) is 10.8 Å². The molecular weight excluding hydrogens is 294 g/mol. The van der Waals surface area contributed by atoms with Crippen LogP contribution < -0.4 is 0 Å². The molecule has 2 heteroatoms. The number of aromatic hydroxyl groups is 1. The fourth-order valence-corrected chi connectivity index (χ4v) is 2.83. The molecule has 2 rings (SSSR count). The van der Waals surface area contributed by atoms with Gasteiger partial charge >= 0.3 is 0 Å². The van der Waals surface area contributed by atoms with Gasteiger partial charge in [-0.3, -0.25) is 4.99 Å². The summed E-state index contributed by atoms with van der Waals surface area (Å²) < 4.78 is 0. The number of aliphatic imine (C=N–C) groups is 1. The normalized spacial score (nSPS) is 19.0. The molecule has 0 heterocycles. The Morgan fingerprint density at radius 1 is 1.08 bits per heavy atom. The molecule has 0 spiro atoms. The summed E-state index contributed by atoms with van der Waals surface area (Å²) in [5.41, 5.74) is 4.19. The molecule has 1 N–H and O–H groups in total. The van der Waals surface area contributed by atoms with Crippen LogP contribution >= 0.6 is 0 Å². The van der Waals surface area contributed by atoms with Gasteiger partial charge in [0.25, 0.3) is 0 Å². The van der Waals surface area contributed by atoms with Gasteiger partial charge in [0, 0.05) is 17.3 Å². The van der Waals surface area contributed by atoms with E-state index in [0.29, 0.717) is 5.75 Å². The van der Waals surface area contributed by atoms with E-state index in [0.717, 1.165) is 17.5 Å². The highest BCUT2D eigenvalue weighted by Gasteiger charge is 2.24. The Morgan fingerprint density at radius 3 is 2.29 bits per heavy atom. The smallest absolute Gasteiger partial charge is 0.128 e. The Hall–Kier alpha value is -1.83. The maximum absolute atomic E-state index is 10.8. The monoisotopic (exact) mass is 325 g/mol. The molecule has 0 aliphatic heterocycles. The second-order valence-corrected chi connectivity index (χ2v) is 8.83. The fraction of sp³-hybridized carbons (Fsp3) is 0.500. The molecular formula is C22H31NO. The van der Waals surface area contributed by atoms with Gasteiger partial charge in [-0.25, -0.2) is 0 Å². The zero-order valence-corrected chi connectivity index (χ0v) is 16.1. The highest BCUT2D eigenvalue weighted by molar-refractivity contribution is 5.85.